The van der Waals surface area contributed by atoms with Crippen LogP contribution in [-0.2, 0) is 6.42 Å². The van der Waals surface area contributed by atoms with Crippen molar-refractivity contribution in [1.82, 2.24) is 10.4 Å². The third-order valence-corrected chi connectivity index (χ3v) is 4.18. The van der Waals surface area contributed by atoms with E-state index in [1.54, 1.807) is 0 Å². The van der Waals surface area contributed by atoms with Crippen LogP contribution in [0.15, 0.2) is 17.2 Å². The molecule has 2 aromatic rings. The van der Waals surface area contributed by atoms with Crippen LogP contribution >= 0.6 is 34.5 Å². The van der Waals surface area contributed by atoms with Gasteiger partial charge in [0.2, 0.25) is 0 Å². The number of phenolic OH excluding ortho intramolecular Hbond substituents is 1. The van der Waals surface area contributed by atoms with Gasteiger partial charge in [-0.2, -0.15) is 5.10 Å². The molecule has 116 valence electrons. The first-order chi connectivity index (χ1) is 10.4. The molecule has 0 aliphatic heterocycles. The third-order valence-electron chi connectivity index (χ3n) is 2.67. The number of thiazole rings is 1. The lowest BCUT2D eigenvalue weighted by Crippen LogP contribution is -2.17. The zero-order valence-electron chi connectivity index (χ0n) is 11.4. The number of amides is 1. The predicted molar refractivity (Wildman–Crippen MR) is 89.1 cm³/mol. The van der Waals surface area contributed by atoms with E-state index in [0.29, 0.717) is 27.7 Å². The van der Waals surface area contributed by atoms with E-state index in [1.807, 2.05) is 6.92 Å². The monoisotopic (exact) mass is 358 g/mol. The Balaban J connectivity index is 2.10. The van der Waals surface area contributed by atoms with E-state index in [0.717, 1.165) is 11.3 Å². The van der Waals surface area contributed by atoms with Gasteiger partial charge in [0.15, 0.2) is 10.9 Å². The number of hydrazone groups is 1. The fourth-order valence-electron chi connectivity index (χ4n) is 1.66. The van der Waals surface area contributed by atoms with Crippen LogP contribution in [0.5, 0.6) is 5.75 Å². The molecule has 6 nitrogen and oxygen atoms in total. The number of hydrogen-bond acceptors (Lipinski definition) is 6. The van der Waals surface area contributed by atoms with Crippen molar-refractivity contribution in [1.29, 1.82) is 0 Å². The largest absolute Gasteiger partial charge is 0.505 e. The third kappa shape index (κ3) is 3.68. The number of carbonyl (C=O) groups is 1. The molecular formula is C13H12Cl2N4O2S. The number of benzene rings is 1. The van der Waals surface area contributed by atoms with Gasteiger partial charge in [-0.1, -0.05) is 41.5 Å². The van der Waals surface area contributed by atoms with Crippen LogP contribution in [0, 0.1) is 0 Å². The Morgan fingerprint density at radius 2 is 2.14 bits per heavy atom. The zero-order valence-corrected chi connectivity index (χ0v) is 13.8. The van der Waals surface area contributed by atoms with Crippen molar-refractivity contribution in [2.45, 2.75) is 13.3 Å². The number of nitrogens with two attached hydrogens (primary N) is 1. The second kappa shape index (κ2) is 6.95. The van der Waals surface area contributed by atoms with Gasteiger partial charge in [0.1, 0.15) is 4.88 Å². The van der Waals surface area contributed by atoms with E-state index < -0.39 is 5.91 Å². The van der Waals surface area contributed by atoms with E-state index in [2.05, 4.69) is 15.5 Å². The highest BCUT2D eigenvalue weighted by atomic mass is 35.5. The summed E-state index contributed by atoms with van der Waals surface area (Å²) < 4.78 is 0. The molecule has 0 spiro atoms. The lowest BCUT2D eigenvalue weighted by molar-refractivity contribution is 0.0958. The van der Waals surface area contributed by atoms with Crippen LogP contribution in [0.3, 0.4) is 0 Å². The number of nitrogens with zero attached hydrogens (tertiary/aromatic N) is 2. The van der Waals surface area contributed by atoms with Crippen molar-refractivity contribution in [3.05, 3.63) is 38.3 Å². The second-order valence-electron chi connectivity index (χ2n) is 4.21. The molecule has 9 heteroatoms. The minimum absolute atomic E-state index is 0.101. The minimum Gasteiger partial charge on any atom is -0.505 e. The quantitative estimate of drug-likeness (QED) is 0.577. The van der Waals surface area contributed by atoms with Crippen molar-refractivity contribution >= 4 is 51.8 Å². The Labute approximate surface area is 140 Å². The van der Waals surface area contributed by atoms with Gasteiger partial charge in [0, 0.05) is 0 Å². The number of aromatic nitrogens is 1. The molecule has 1 aromatic carbocycles. The molecule has 0 atom stereocenters. The molecule has 1 amide bonds. The maximum Gasteiger partial charge on any atom is 0.283 e. The van der Waals surface area contributed by atoms with Gasteiger partial charge < -0.3 is 10.8 Å². The molecule has 0 radical (unpaired) electrons. The fourth-order valence-corrected chi connectivity index (χ4v) is 2.98. The first-order valence-electron chi connectivity index (χ1n) is 6.19. The van der Waals surface area contributed by atoms with Crippen LogP contribution < -0.4 is 11.2 Å². The Morgan fingerprint density at radius 3 is 2.73 bits per heavy atom. The molecule has 4 N–H and O–H groups in total. The van der Waals surface area contributed by atoms with Gasteiger partial charge in [-0.05, 0) is 24.1 Å². The van der Waals surface area contributed by atoms with E-state index >= 15 is 0 Å². The molecular weight excluding hydrogens is 347 g/mol. The number of nitrogens with one attached hydrogen (secondary N) is 1. The van der Waals surface area contributed by atoms with Gasteiger partial charge in [-0.3, -0.25) is 4.79 Å². The normalized spacial score (nSPS) is 11.0. The molecule has 0 unspecified atom stereocenters. The molecule has 2 rings (SSSR count). The summed E-state index contributed by atoms with van der Waals surface area (Å²) in [5.74, 6) is -0.587. The molecule has 1 aromatic heterocycles. The summed E-state index contributed by atoms with van der Waals surface area (Å²) in [6.45, 7) is 1.88. The van der Waals surface area contributed by atoms with Crippen molar-refractivity contribution in [2.75, 3.05) is 5.73 Å². The smallest absolute Gasteiger partial charge is 0.283 e. The molecule has 0 bridgehead atoms. The summed E-state index contributed by atoms with van der Waals surface area (Å²) >= 11 is 12.7. The number of aryl methyl sites for hydroxylation is 1. The van der Waals surface area contributed by atoms with E-state index in [9.17, 15) is 9.90 Å². The summed E-state index contributed by atoms with van der Waals surface area (Å²) in [6.07, 6.45) is 1.97. The van der Waals surface area contributed by atoms with E-state index in [4.69, 9.17) is 28.9 Å². The van der Waals surface area contributed by atoms with Crippen LogP contribution in [-0.4, -0.2) is 22.2 Å². The average Bonchev–Trinajstić information content (AvgIpc) is 2.85. The standard InChI is InChI=1S/C13H12Cl2N4O2S/c1-2-9-11(22-13(16)18-9)12(21)19-17-5-6-3-7(14)10(20)8(15)4-6/h3-5,20H,2H2,1H3,(H2,16,18)(H,19,21)/b17-5-. The Hall–Kier alpha value is -1.83. The number of hydrogen-bond donors (Lipinski definition) is 3. The zero-order chi connectivity index (χ0) is 16.3. The number of anilines is 1. The first kappa shape index (κ1) is 16.5. The van der Waals surface area contributed by atoms with Gasteiger partial charge >= 0.3 is 0 Å². The molecule has 0 saturated heterocycles. The summed E-state index contributed by atoms with van der Waals surface area (Å²) in [7, 11) is 0. The fraction of sp³-hybridized carbons (Fsp3) is 0.154. The molecule has 22 heavy (non-hydrogen) atoms. The summed E-state index contributed by atoms with van der Waals surface area (Å²) in [6, 6.07) is 2.95. The van der Waals surface area contributed by atoms with Gasteiger partial charge in [0.25, 0.3) is 5.91 Å². The van der Waals surface area contributed by atoms with Crippen LogP contribution in [0.2, 0.25) is 10.0 Å². The maximum atomic E-state index is 12.0. The lowest BCUT2D eigenvalue weighted by Gasteiger charge is -2.02. The highest BCUT2D eigenvalue weighted by Crippen LogP contribution is 2.32. The second-order valence-corrected chi connectivity index (χ2v) is 6.06. The summed E-state index contributed by atoms with van der Waals surface area (Å²) in [4.78, 5) is 16.5. The topological polar surface area (TPSA) is 101 Å². The number of rotatable bonds is 4. The molecule has 0 aliphatic carbocycles. The molecule has 0 saturated carbocycles. The Kier molecular flexibility index (Phi) is 5.23. The van der Waals surface area contributed by atoms with Crippen molar-refractivity contribution < 1.29 is 9.90 Å². The predicted octanol–water partition coefficient (Wildman–Crippen LogP) is 3.06. The van der Waals surface area contributed by atoms with Crippen molar-refractivity contribution in [2.24, 2.45) is 5.10 Å². The number of carbonyl (C=O) groups excluding carboxylic acids is 1. The van der Waals surface area contributed by atoms with Crippen LogP contribution in [0.4, 0.5) is 5.13 Å². The molecule has 0 aliphatic rings. The highest BCUT2D eigenvalue weighted by molar-refractivity contribution is 7.17. The number of phenols is 1. The molecule has 1 heterocycles. The van der Waals surface area contributed by atoms with Crippen LogP contribution in [0.1, 0.15) is 27.9 Å². The van der Waals surface area contributed by atoms with Crippen molar-refractivity contribution in [3.8, 4) is 5.75 Å². The highest BCUT2D eigenvalue weighted by Gasteiger charge is 2.15. The summed E-state index contributed by atoms with van der Waals surface area (Å²) in [5, 5.41) is 13.8. The maximum absolute atomic E-state index is 12.0. The first-order valence-corrected chi connectivity index (χ1v) is 7.76. The number of aromatic hydroxyl groups is 1. The minimum atomic E-state index is -0.390. The lowest BCUT2D eigenvalue weighted by atomic mass is 10.2. The van der Waals surface area contributed by atoms with E-state index in [-0.39, 0.29) is 15.8 Å². The van der Waals surface area contributed by atoms with Gasteiger partial charge in [-0.15, -0.1) is 0 Å². The average molecular weight is 359 g/mol. The van der Waals surface area contributed by atoms with Crippen LogP contribution in [0.25, 0.3) is 0 Å². The Bertz CT molecular complexity index is 723. The molecule has 0 fully saturated rings. The van der Waals surface area contributed by atoms with Gasteiger partial charge in [-0.25, -0.2) is 10.4 Å². The van der Waals surface area contributed by atoms with Gasteiger partial charge in [0.05, 0.1) is 22.0 Å². The number of nitrogen functional groups attached to an aromatic ring is 1. The number of halogens is 2. The Morgan fingerprint density at radius 1 is 1.50 bits per heavy atom. The summed E-state index contributed by atoms with van der Waals surface area (Å²) in [5.41, 5.74) is 9.15. The SMILES string of the molecule is CCc1nc(N)sc1C(=O)N/N=C\c1cc(Cl)c(O)c(Cl)c1. The van der Waals surface area contributed by atoms with Crippen molar-refractivity contribution in [3.63, 3.8) is 0 Å². The van der Waals surface area contributed by atoms with E-state index in [1.165, 1.54) is 18.3 Å².